The number of hydrogen-bond donors (Lipinski definition) is 1. The maximum atomic E-state index is 11.8. The monoisotopic (exact) mass is 188 g/mol. The number of ether oxygens (including phenoxy) is 1. The molecule has 0 aliphatic heterocycles. The highest BCUT2D eigenvalue weighted by molar-refractivity contribution is 5.35. The van der Waals surface area contributed by atoms with Crippen LogP contribution in [0.2, 0.25) is 0 Å². The summed E-state index contributed by atoms with van der Waals surface area (Å²) >= 11 is 0. The smallest absolute Gasteiger partial charge is 0.387 e. The molecule has 0 aromatic heterocycles. The van der Waals surface area contributed by atoms with E-state index in [1.807, 2.05) is 0 Å². The summed E-state index contributed by atoms with van der Waals surface area (Å²) in [7, 11) is 0. The predicted molar refractivity (Wildman–Crippen MR) is 43.7 cm³/mol. The summed E-state index contributed by atoms with van der Waals surface area (Å²) in [5.41, 5.74) is 1.27. The molecule has 1 aromatic carbocycles. The van der Waals surface area contributed by atoms with E-state index in [1.54, 1.807) is 19.1 Å². The SMILES string of the molecule is Cc1cc(CO)ccc1OC(F)F. The van der Waals surface area contributed by atoms with Crippen molar-refractivity contribution in [3.8, 4) is 5.75 Å². The van der Waals surface area contributed by atoms with E-state index in [4.69, 9.17) is 5.11 Å². The van der Waals surface area contributed by atoms with E-state index in [2.05, 4.69) is 4.74 Å². The summed E-state index contributed by atoms with van der Waals surface area (Å²) in [6.07, 6.45) is 0. The largest absolute Gasteiger partial charge is 0.435 e. The van der Waals surface area contributed by atoms with Crippen molar-refractivity contribution in [2.45, 2.75) is 20.1 Å². The first-order valence-electron chi connectivity index (χ1n) is 3.78. The Morgan fingerprint density at radius 3 is 2.62 bits per heavy atom. The minimum atomic E-state index is -2.81. The second-order valence-corrected chi connectivity index (χ2v) is 2.64. The summed E-state index contributed by atoms with van der Waals surface area (Å²) in [5.74, 6) is 0.146. The van der Waals surface area contributed by atoms with E-state index < -0.39 is 6.61 Å². The molecule has 0 fully saturated rings. The molecule has 72 valence electrons. The molecule has 2 nitrogen and oxygen atoms in total. The van der Waals surface area contributed by atoms with E-state index >= 15 is 0 Å². The number of benzene rings is 1. The number of aliphatic hydroxyl groups excluding tert-OH is 1. The van der Waals surface area contributed by atoms with Gasteiger partial charge in [0.25, 0.3) is 0 Å². The van der Waals surface area contributed by atoms with Gasteiger partial charge in [0, 0.05) is 0 Å². The first-order chi connectivity index (χ1) is 6.13. The van der Waals surface area contributed by atoms with E-state index in [9.17, 15) is 8.78 Å². The Morgan fingerprint density at radius 1 is 1.46 bits per heavy atom. The highest BCUT2D eigenvalue weighted by Crippen LogP contribution is 2.20. The van der Waals surface area contributed by atoms with E-state index in [-0.39, 0.29) is 12.4 Å². The average molecular weight is 188 g/mol. The molecule has 1 rings (SSSR count). The molecule has 0 atom stereocenters. The Bertz CT molecular complexity index is 287. The minimum absolute atomic E-state index is 0.101. The first kappa shape index (κ1) is 9.92. The predicted octanol–water partition coefficient (Wildman–Crippen LogP) is 2.09. The number of halogens is 2. The lowest BCUT2D eigenvalue weighted by Crippen LogP contribution is -2.03. The Labute approximate surface area is 74.8 Å². The van der Waals surface area contributed by atoms with Crippen molar-refractivity contribution in [2.75, 3.05) is 0 Å². The maximum absolute atomic E-state index is 11.8. The third-order valence-corrected chi connectivity index (χ3v) is 1.64. The molecule has 0 unspecified atom stereocenters. The molecule has 0 spiro atoms. The zero-order valence-corrected chi connectivity index (χ0v) is 7.13. The van der Waals surface area contributed by atoms with Crippen molar-refractivity contribution in [1.82, 2.24) is 0 Å². The molecule has 0 heterocycles. The van der Waals surface area contributed by atoms with Gasteiger partial charge in [0.15, 0.2) is 0 Å². The second-order valence-electron chi connectivity index (χ2n) is 2.64. The molecular formula is C9H10F2O2. The summed E-state index contributed by atoms with van der Waals surface area (Å²) in [6, 6.07) is 4.58. The highest BCUT2D eigenvalue weighted by Gasteiger charge is 2.06. The van der Waals surface area contributed by atoms with Gasteiger partial charge in [-0.25, -0.2) is 0 Å². The molecular weight excluding hydrogens is 178 g/mol. The minimum Gasteiger partial charge on any atom is -0.435 e. The quantitative estimate of drug-likeness (QED) is 0.786. The molecule has 0 aliphatic rings. The van der Waals surface area contributed by atoms with Crippen molar-refractivity contribution >= 4 is 0 Å². The number of aliphatic hydroxyl groups is 1. The van der Waals surface area contributed by atoms with Crippen LogP contribution in [-0.4, -0.2) is 11.7 Å². The second kappa shape index (κ2) is 4.18. The van der Waals surface area contributed by atoms with Crippen molar-refractivity contribution < 1.29 is 18.6 Å². The lowest BCUT2D eigenvalue weighted by Gasteiger charge is -2.08. The van der Waals surface area contributed by atoms with Crippen LogP contribution in [0.4, 0.5) is 8.78 Å². The summed E-state index contributed by atoms with van der Waals surface area (Å²) < 4.78 is 27.9. The fourth-order valence-electron chi connectivity index (χ4n) is 1.04. The van der Waals surface area contributed by atoms with Gasteiger partial charge < -0.3 is 9.84 Å². The highest BCUT2D eigenvalue weighted by atomic mass is 19.3. The lowest BCUT2D eigenvalue weighted by atomic mass is 10.1. The third kappa shape index (κ3) is 2.66. The number of hydrogen-bond acceptors (Lipinski definition) is 2. The molecule has 13 heavy (non-hydrogen) atoms. The fraction of sp³-hybridized carbons (Fsp3) is 0.333. The zero-order chi connectivity index (χ0) is 9.84. The van der Waals surface area contributed by atoms with E-state index in [1.165, 1.54) is 6.07 Å². The van der Waals surface area contributed by atoms with E-state index in [0.29, 0.717) is 11.1 Å². The van der Waals surface area contributed by atoms with Gasteiger partial charge in [-0.15, -0.1) is 0 Å². The van der Waals surface area contributed by atoms with Crippen LogP contribution in [-0.2, 0) is 6.61 Å². The van der Waals surface area contributed by atoms with Crippen LogP contribution in [0.5, 0.6) is 5.75 Å². The third-order valence-electron chi connectivity index (χ3n) is 1.64. The Morgan fingerprint density at radius 2 is 2.15 bits per heavy atom. The molecule has 0 aliphatic carbocycles. The van der Waals surface area contributed by atoms with Crippen LogP contribution in [0.1, 0.15) is 11.1 Å². The van der Waals surface area contributed by atoms with Crippen molar-refractivity contribution in [3.05, 3.63) is 29.3 Å². The Kier molecular flexibility index (Phi) is 3.19. The van der Waals surface area contributed by atoms with Crippen LogP contribution >= 0.6 is 0 Å². The number of rotatable bonds is 3. The Hall–Kier alpha value is -1.16. The van der Waals surface area contributed by atoms with Gasteiger partial charge in [-0.3, -0.25) is 0 Å². The maximum Gasteiger partial charge on any atom is 0.387 e. The van der Waals surface area contributed by atoms with Crippen molar-refractivity contribution in [3.63, 3.8) is 0 Å². The average Bonchev–Trinajstić information content (AvgIpc) is 2.08. The zero-order valence-electron chi connectivity index (χ0n) is 7.13. The van der Waals surface area contributed by atoms with Crippen LogP contribution in [0.15, 0.2) is 18.2 Å². The normalized spacial score (nSPS) is 10.5. The van der Waals surface area contributed by atoms with Crippen LogP contribution in [0, 0.1) is 6.92 Å². The number of alkyl halides is 2. The molecule has 4 heteroatoms. The molecule has 0 radical (unpaired) electrons. The lowest BCUT2D eigenvalue weighted by molar-refractivity contribution is -0.0503. The van der Waals surface area contributed by atoms with Gasteiger partial charge >= 0.3 is 6.61 Å². The summed E-state index contributed by atoms with van der Waals surface area (Å²) in [5, 5.41) is 8.75. The molecule has 1 aromatic rings. The van der Waals surface area contributed by atoms with Crippen LogP contribution in [0.3, 0.4) is 0 Å². The van der Waals surface area contributed by atoms with E-state index in [0.717, 1.165) is 0 Å². The molecule has 0 saturated heterocycles. The van der Waals surface area contributed by atoms with Gasteiger partial charge in [0.2, 0.25) is 0 Å². The van der Waals surface area contributed by atoms with Gasteiger partial charge in [-0.05, 0) is 24.1 Å². The van der Waals surface area contributed by atoms with Crippen molar-refractivity contribution in [2.24, 2.45) is 0 Å². The van der Waals surface area contributed by atoms with Crippen LogP contribution in [0.25, 0.3) is 0 Å². The van der Waals surface area contributed by atoms with Gasteiger partial charge in [0.05, 0.1) is 6.61 Å². The van der Waals surface area contributed by atoms with Crippen LogP contribution < -0.4 is 4.74 Å². The van der Waals surface area contributed by atoms with Gasteiger partial charge in [-0.1, -0.05) is 12.1 Å². The van der Waals surface area contributed by atoms with Gasteiger partial charge in [-0.2, -0.15) is 8.78 Å². The summed E-state index contributed by atoms with van der Waals surface area (Å²) in [4.78, 5) is 0. The summed E-state index contributed by atoms with van der Waals surface area (Å²) in [6.45, 7) is -1.26. The van der Waals surface area contributed by atoms with Crippen molar-refractivity contribution in [1.29, 1.82) is 0 Å². The fourth-order valence-corrected chi connectivity index (χ4v) is 1.04. The molecule has 0 saturated carbocycles. The standard InChI is InChI=1S/C9H10F2O2/c1-6-4-7(5-12)2-3-8(6)13-9(10)11/h2-4,9,12H,5H2,1H3. The molecule has 0 amide bonds. The topological polar surface area (TPSA) is 29.5 Å². The Balaban J connectivity index is 2.85. The first-order valence-corrected chi connectivity index (χ1v) is 3.78. The number of aryl methyl sites for hydroxylation is 1. The van der Waals surface area contributed by atoms with Gasteiger partial charge in [0.1, 0.15) is 5.75 Å². The molecule has 1 N–H and O–H groups in total. The molecule has 0 bridgehead atoms.